The first-order valence-corrected chi connectivity index (χ1v) is 12.4. The largest absolute Gasteiger partial charge is 0.338 e. The monoisotopic (exact) mass is 447 g/mol. The minimum atomic E-state index is -2.50. The van der Waals surface area contributed by atoms with Gasteiger partial charge < -0.3 is 9.88 Å². The van der Waals surface area contributed by atoms with E-state index in [0.29, 0.717) is 32.5 Å². The number of benzene rings is 2. The highest BCUT2D eigenvalue weighted by Crippen LogP contribution is 2.38. The summed E-state index contributed by atoms with van der Waals surface area (Å²) in [6.45, 7) is 3.41. The molecule has 4 aromatic rings. The lowest BCUT2D eigenvalue weighted by Gasteiger charge is -2.15. The van der Waals surface area contributed by atoms with Crippen molar-refractivity contribution in [2.75, 3.05) is 24.0 Å². The maximum absolute atomic E-state index is 13.4. The van der Waals surface area contributed by atoms with E-state index in [2.05, 4.69) is 25.6 Å². The number of hydrogen-bond donors (Lipinski definition) is 2. The Balaban J connectivity index is 1.63. The number of thiazole rings is 1. The Morgan fingerprint density at radius 2 is 1.90 bits per heavy atom. The molecule has 29 heavy (non-hydrogen) atoms. The molecule has 4 rings (SSSR count). The standard InChI is InChI=1S/C19H16ClFN5OPS/c1-28(2,27)15-6-4-3-5-13(15)23-17-12(20)10-22-18(25-17)26-19-24-14-8-7-11(21)9-16(14)29-19/h3-10H,1-2H3,(H2,22,23,24,25,26). The van der Waals surface area contributed by atoms with Crippen LogP contribution in [0.25, 0.3) is 10.2 Å². The van der Waals surface area contributed by atoms with E-state index in [0.717, 1.165) is 4.70 Å². The summed E-state index contributed by atoms with van der Waals surface area (Å²) in [5.41, 5.74) is 1.35. The number of aromatic nitrogens is 3. The third kappa shape index (κ3) is 4.40. The van der Waals surface area contributed by atoms with Crippen LogP contribution < -0.4 is 15.9 Å². The molecule has 0 bridgehead atoms. The van der Waals surface area contributed by atoms with Gasteiger partial charge in [0.2, 0.25) is 5.95 Å². The normalized spacial score (nSPS) is 11.6. The Labute approximate surface area is 175 Å². The highest BCUT2D eigenvalue weighted by Gasteiger charge is 2.17. The van der Waals surface area contributed by atoms with Crippen LogP contribution >= 0.6 is 30.1 Å². The van der Waals surface area contributed by atoms with E-state index in [1.165, 1.54) is 29.7 Å². The Hall–Kier alpha value is -2.54. The number of nitrogens with one attached hydrogen (secondary N) is 2. The predicted octanol–water partition coefficient (Wildman–Crippen LogP) is 5.61. The van der Waals surface area contributed by atoms with E-state index in [-0.39, 0.29) is 11.8 Å². The second kappa shape index (κ2) is 7.71. The Morgan fingerprint density at radius 1 is 1.10 bits per heavy atom. The molecule has 10 heteroatoms. The van der Waals surface area contributed by atoms with Gasteiger partial charge in [0.05, 0.1) is 22.1 Å². The number of para-hydroxylation sites is 1. The number of hydrogen-bond acceptors (Lipinski definition) is 7. The van der Waals surface area contributed by atoms with Gasteiger partial charge in [0, 0.05) is 5.30 Å². The van der Waals surface area contributed by atoms with E-state index >= 15 is 0 Å². The maximum atomic E-state index is 13.4. The fourth-order valence-electron chi connectivity index (χ4n) is 2.74. The first-order valence-electron chi connectivity index (χ1n) is 8.57. The molecule has 2 aromatic heterocycles. The van der Waals surface area contributed by atoms with Gasteiger partial charge >= 0.3 is 0 Å². The molecule has 2 N–H and O–H groups in total. The number of halogens is 2. The van der Waals surface area contributed by atoms with Crippen molar-refractivity contribution in [3.8, 4) is 0 Å². The molecule has 0 radical (unpaired) electrons. The highest BCUT2D eigenvalue weighted by atomic mass is 35.5. The van der Waals surface area contributed by atoms with Gasteiger partial charge in [-0.25, -0.2) is 14.4 Å². The summed E-state index contributed by atoms with van der Waals surface area (Å²) in [6.07, 6.45) is 1.46. The van der Waals surface area contributed by atoms with Crippen molar-refractivity contribution in [3.63, 3.8) is 0 Å². The second-order valence-corrected chi connectivity index (χ2v) is 11.3. The quantitative estimate of drug-likeness (QED) is 0.387. The number of anilines is 4. The van der Waals surface area contributed by atoms with Crippen molar-refractivity contribution in [2.45, 2.75) is 0 Å². The number of nitrogens with zero attached hydrogens (tertiary/aromatic N) is 3. The molecular weight excluding hydrogens is 432 g/mol. The Kier molecular flexibility index (Phi) is 5.25. The zero-order chi connectivity index (χ0) is 20.6. The summed E-state index contributed by atoms with van der Waals surface area (Å²) in [4.78, 5) is 13.0. The lowest BCUT2D eigenvalue weighted by atomic mass is 10.3. The molecule has 0 aliphatic rings. The molecule has 0 saturated carbocycles. The average Bonchev–Trinajstić information content (AvgIpc) is 3.05. The summed E-state index contributed by atoms with van der Waals surface area (Å²) >= 11 is 7.55. The van der Waals surface area contributed by atoms with Crippen molar-refractivity contribution >= 4 is 68.2 Å². The van der Waals surface area contributed by atoms with E-state index in [9.17, 15) is 8.96 Å². The molecule has 2 aromatic carbocycles. The molecule has 0 aliphatic carbocycles. The lowest BCUT2D eigenvalue weighted by molar-refractivity contribution is 0.588. The van der Waals surface area contributed by atoms with Gasteiger partial charge in [0.15, 0.2) is 10.9 Å². The van der Waals surface area contributed by atoms with E-state index < -0.39 is 7.14 Å². The van der Waals surface area contributed by atoms with Crippen LogP contribution in [0.5, 0.6) is 0 Å². The van der Waals surface area contributed by atoms with Crippen LogP contribution in [0.2, 0.25) is 5.02 Å². The first-order chi connectivity index (χ1) is 13.8. The summed E-state index contributed by atoms with van der Waals surface area (Å²) in [5.74, 6) is 0.340. The van der Waals surface area contributed by atoms with Crippen LogP contribution in [0, 0.1) is 5.82 Å². The van der Waals surface area contributed by atoms with Gasteiger partial charge in [-0.15, -0.1) is 0 Å². The van der Waals surface area contributed by atoms with Crippen molar-refractivity contribution in [1.29, 1.82) is 0 Å². The van der Waals surface area contributed by atoms with Gasteiger partial charge in [0.1, 0.15) is 18.0 Å². The van der Waals surface area contributed by atoms with Crippen LogP contribution in [-0.2, 0) is 4.57 Å². The molecule has 0 unspecified atom stereocenters. The Morgan fingerprint density at radius 3 is 2.69 bits per heavy atom. The predicted molar refractivity (Wildman–Crippen MR) is 119 cm³/mol. The minimum absolute atomic E-state index is 0.282. The molecular formula is C19H16ClFN5OPS. The van der Waals surface area contributed by atoms with E-state index in [1.54, 1.807) is 19.4 Å². The molecule has 0 amide bonds. The molecule has 0 saturated heterocycles. The van der Waals surface area contributed by atoms with Gasteiger partial charge in [-0.1, -0.05) is 35.1 Å². The van der Waals surface area contributed by atoms with Crippen molar-refractivity contribution in [3.05, 3.63) is 59.5 Å². The zero-order valence-electron chi connectivity index (χ0n) is 15.5. The molecule has 2 heterocycles. The molecule has 0 aliphatic heterocycles. The summed E-state index contributed by atoms with van der Waals surface area (Å²) in [6, 6.07) is 11.7. The number of fused-ring (bicyclic) bond motifs is 1. The van der Waals surface area contributed by atoms with Gasteiger partial charge in [-0.05, 0) is 43.7 Å². The first kappa shape index (κ1) is 19.8. The zero-order valence-corrected chi connectivity index (χ0v) is 17.9. The van der Waals surface area contributed by atoms with Crippen LogP contribution in [-0.4, -0.2) is 28.3 Å². The van der Waals surface area contributed by atoms with Crippen LogP contribution in [0.15, 0.2) is 48.7 Å². The summed E-state index contributed by atoms with van der Waals surface area (Å²) < 4.78 is 26.7. The third-order valence-corrected chi connectivity index (χ3v) is 6.81. The van der Waals surface area contributed by atoms with Crippen molar-refractivity contribution in [2.24, 2.45) is 0 Å². The average molecular weight is 448 g/mol. The van der Waals surface area contributed by atoms with Gasteiger partial charge in [-0.3, -0.25) is 5.32 Å². The van der Waals surface area contributed by atoms with Crippen molar-refractivity contribution in [1.82, 2.24) is 15.0 Å². The molecule has 0 fully saturated rings. The fraction of sp³-hybridized carbons (Fsp3) is 0.105. The molecule has 6 nitrogen and oxygen atoms in total. The maximum Gasteiger partial charge on any atom is 0.231 e. The number of rotatable bonds is 5. The third-order valence-electron chi connectivity index (χ3n) is 4.05. The van der Waals surface area contributed by atoms with Gasteiger partial charge in [0.25, 0.3) is 0 Å². The molecule has 0 spiro atoms. The molecule has 0 atom stereocenters. The summed E-state index contributed by atoms with van der Waals surface area (Å²) in [5, 5.41) is 7.72. The van der Waals surface area contributed by atoms with Crippen molar-refractivity contribution < 1.29 is 8.96 Å². The molecule has 148 valence electrons. The van der Waals surface area contributed by atoms with Crippen LogP contribution in [0.3, 0.4) is 0 Å². The summed E-state index contributed by atoms with van der Waals surface area (Å²) in [7, 11) is -2.50. The SMILES string of the molecule is CP(C)(=O)c1ccccc1Nc1nc(Nc2nc3ccc(F)cc3s2)ncc1Cl. The van der Waals surface area contributed by atoms with E-state index in [4.69, 9.17) is 11.6 Å². The lowest BCUT2D eigenvalue weighted by Crippen LogP contribution is -2.10. The Bertz CT molecular complexity index is 1260. The minimum Gasteiger partial charge on any atom is -0.338 e. The smallest absolute Gasteiger partial charge is 0.231 e. The second-order valence-electron chi connectivity index (χ2n) is 6.64. The topological polar surface area (TPSA) is 79.8 Å². The highest BCUT2D eigenvalue weighted by molar-refractivity contribution is 7.70. The fourth-order valence-corrected chi connectivity index (χ4v) is 4.92. The van der Waals surface area contributed by atoms with Gasteiger partial charge in [-0.2, -0.15) is 4.98 Å². The van der Waals surface area contributed by atoms with E-state index in [1.807, 2.05) is 24.3 Å². The van der Waals surface area contributed by atoms with Crippen LogP contribution in [0.1, 0.15) is 0 Å². The van der Waals surface area contributed by atoms with Crippen LogP contribution in [0.4, 0.5) is 27.0 Å².